The van der Waals surface area contributed by atoms with Gasteiger partial charge in [-0.15, -0.1) is 0 Å². The summed E-state index contributed by atoms with van der Waals surface area (Å²) < 4.78 is 42.5. The van der Waals surface area contributed by atoms with E-state index in [-0.39, 0.29) is 11.4 Å². The van der Waals surface area contributed by atoms with E-state index in [0.29, 0.717) is 12.3 Å². The molecular formula is C10H11F3N4O3. The van der Waals surface area contributed by atoms with Crippen molar-refractivity contribution in [1.82, 2.24) is 4.98 Å². The zero-order chi connectivity index (χ0) is 15.3. The lowest BCUT2D eigenvalue weighted by molar-refractivity contribution is -0.138. The predicted octanol–water partition coefficient (Wildman–Crippen LogP) is 1.81. The molecule has 7 nitrogen and oxygen atoms in total. The Morgan fingerprint density at radius 3 is 2.65 bits per heavy atom. The molecule has 0 aliphatic heterocycles. The summed E-state index contributed by atoms with van der Waals surface area (Å²) in [6.45, 7) is -0.503. The number of aliphatic hydroxyl groups is 2. The molecule has 2 N–H and O–H groups in total. The van der Waals surface area contributed by atoms with Crippen LogP contribution in [0.1, 0.15) is 17.2 Å². The number of aromatic nitrogens is 1. The van der Waals surface area contributed by atoms with Crippen molar-refractivity contribution in [3.8, 4) is 5.88 Å². The van der Waals surface area contributed by atoms with Crippen LogP contribution in [-0.4, -0.2) is 35.0 Å². The molecule has 0 bridgehead atoms. The number of azide groups is 1. The Kier molecular flexibility index (Phi) is 5.14. The van der Waals surface area contributed by atoms with Gasteiger partial charge in [0, 0.05) is 16.7 Å². The van der Waals surface area contributed by atoms with Gasteiger partial charge in [0.25, 0.3) is 0 Å². The molecule has 0 saturated carbocycles. The second kappa shape index (κ2) is 6.42. The van der Waals surface area contributed by atoms with E-state index in [2.05, 4.69) is 15.0 Å². The number of pyridine rings is 1. The SMILES string of the molecule is COc1ncc(C(F)(F)F)cc1C(O)C(O)CN=[N+]=[N-]. The molecule has 0 aliphatic rings. The van der Waals surface area contributed by atoms with Gasteiger partial charge in [-0.2, -0.15) is 13.2 Å². The Bertz CT molecular complexity index is 517. The molecule has 0 aliphatic carbocycles. The van der Waals surface area contributed by atoms with Gasteiger partial charge >= 0.3 is 6.18 Å². The molecule has 0 spiro atoms. The van der Waals surface area contributed by atoms with Crippen LogP contribution in [0.5, 0.6) is 5.88 Å². The number of alkyl halides is 3. The van der Waals surface area contributed by atoms with Gasteiger partial charge in [0.15, 0.2) is 0 Å². The lowest BCUT2D eigenvalue weighted by atomic mass is 10.0. The van der Waals surface area contributed by atoms with Crippen LogP contribution in [0.25, 0.3) is 10.4 Å². The summed E-state index contributed by atoms with van der Waals surface area (Å²) in [4.78, 5) is 5.81. The van der Waals surface area contributed by atoms with Crippen molar-refractivity contribution in [3.63, 3.8) is 0 Å². The molecule has 0 saturated heterocycles. The van der Waals surface area contributed by atoms with Gasteiger partial charge in [-0.05, 0) is 11.6 Å². The molecule has 110 valence electrons. The van der Waals surface area contributed by atoms with Gasteiger partial charge in [-0.25, -0.2) is 4.98 Å². The van der Waals surface area contributed by atoms with Crippen LogP contribution in [0, 0.1) is 0 Å². The number of halogens is 3. The first-order chi connectivity index (χ1) is 9.31. The molecule has 1 aromatic rings. The molecule has 1 aromatic heterocycles. The van der Waals surface area contributed by atoms with Gasteiger partial charge in [-0.3, -0.25) is 0 Å². The van der Waals surface area contributed by atoms with Crippen molar-refractivity contribution in [2.75, 3.05) is 13.7 Å². The van der Waals surface area contributed by atoms with Crippen molar-refractivity contribution in [1.29, 1.82) is 0 Å². The maximum atomic E-state index is 12.6. The normalized spacial score (nSPS) is 14.3. The fraction of sp³-hybridized carbons (Fsp3) is 0.500. The molecular weight excluding hydrogens is 281 g/mol. The van der Waals surface area contributed by atoms with E-state index < -0.39 is 30.5 Å². The molecule has 2 atom stereocenters. The molecule has 10 heteroatoms. The van der Waals surface area contributed by atoms with Crippen molar-refractivity contribution in [2.45, 2.75) is 18.4 Å². The minimum atomic E-state index is -4.65. The van der Waals surface area contributed by atoms with E-state index in [1.165, 1.54) is 0 Å². The van der Waals surface area contributed by atoms with Crippen LogP contribution >= 0.6 is 0 Å². The Labute approximate surface area is 111 Å². The second-order valence-corrected chi connectivity index (χ2v) is 3.75. The third-order valence-electron chi connectivity index (χ3n) is 2.41. The van der Waals surface area contributed by atoms with E-state index in [1.54, 1.807) is 0 Å². The predicted molar refractivity (Wildman–Crippen MR) is 60.8 cm³/mol. The highest BCUT2D eigenvalue weighted by Crippen LogP contribution is 2.34. The number of methoxy groups -OCH3 is 1. The Morgan fingerprint density at radius 2 is 2.15 bits per heavy atom. The molecule has 0 radical (unpaired) electrons. The molecule has 1 rings (SSSR count). The van der Waals surface area contributed by atoms with Gasteiger partial charge in [0.1, 0.15) is 6.10 Å². The maximum Gasteiger partial charge on any atom is 0.417 e. The van der Waals surface area contributed by atoms with Gasteiger partial charge < -0.3 is 14.9 Å². The zero-order valence-electron chi connectivity index (χ0n) is 10.2. The van der Waals surface area contributed by atoms with E-state index in [0.717, 1.165) is 7.11 Å². The van der Waals surface area contributed by atoms with Crippen LogP contribution in [0.15, 0.2) is 17.4 Å². The molecule has 0 fully saturated rings. The fourth-order valence-electron chi connectivity index (χ4n) is 1.43. The average Bonchev–Trinajstić information content (AvgIpc) is 2.42. The standard InChI is InChI=1S/C10H11F3N4O3/c1-20-9-6(8(19)7(18)4-16-17-14)2-5(3-15-9)10(11,12)13/h2-3,7-8,18-19H,4H2,1H3. The summed E-state index contributed by atoms with van der Waals surface area (Å²) >= 11 is 0. The summed E-state index contributed by atoms with van der Waals surface area (Å²) in [5.41, 5.74) is 6.66. The fourth-order valence-corrected chi connectivity index (χ4v) is 1.43. The highest BCUT2D eigenvalue weighted by molar-refractivity contribution is 5.33. The summed E-state index contributed by atoms with van der Waals surface area (Å²) in [7, 11) is 1.16. The van der Waals surface area contributed by atoms with Crippen molar-refractivity contribution in [3.05, 3.63) is 33.8 Å². The summed E-state index contributed by atoms with van der Waals surface area (Å²) in [5.74, 6) is -0.259. The summed E-state index contributed by atoms with van der Waals surface area (Å²) in [5, 5.41) is 22.4. The Balaban J connectivity index is 3.16. The van der Waals surface area contributed by atoms with Gasteiger partial charge in [0.2, 0.25) is 5.88 Å². The lowest BCUT2D eigenvalue weighted by Crippen LogP contribution is -2.22. The summed E-state index contributed by atoms with van der Waals surface area (Å²) in [6, 6.07) is 0.621. The largest absolute Gasteiger partial charge is 0.481 e. The number of ether oxygens (including phenoxy) is 1. The number of hydrogen-bond acceptors (Lipinski definition) is 5. The third kappa shape index (κ3) is 3.73. The first-order valence-corrected chi connectivity index (χ1v) is 5.29. The molecule has 20 heavy (non-hydrogen) atoms. The van der Waals surface area contributed by atoms with E-state index in [4.69, 9.17) is 10.3 Å². The van der Waals surface area contributed by atoms with Crippen LogP contribution < -0.4 is 4.74 Å². The number of rotatable bonds is 5. The van der Waals surface area contributed by atoms with Crippen LogP contribution in [0.4, 0.5) is 13.2 Å². The highest BCUT2D eigenvalue weighted by Gasteiger charge is 2.33. The van der Waals surface area contributed by atoms with Crippen molar-refractivity contribution in [2.24, 2.45) is 5.11 Å². The molecule has 0 aromatic carbocycles. The number of nitrogens with zero attached hydrogens (tertiary/aromatic N) is 4. The van der Waals surface area contributed by atoms with Gasteiger partial charge in [-0.1, -0.05) is 5.11 Å². The van der Waals surface area contributed by atoms with E-state index in [1.807, 2.05) is 0 Å². The van der Waals surface area contributed by atoms with E-state index in [9.17, 15) is 23.4 Å². The molecule has 1 heterocycles. The smallest absolute Gasteiger partial charge is 0.417 e. The topological polar surface area (TPSA) is 111 Å². The minimum absolute atomic E-state index is 0.259. The Hall–Kier alpha value is -2.03. The van der Waals surface area contributed by atoms with Crippen molar-refractivity contribution < 1.29 is 28.1 Å². The lowest BCUT2D eigenvalue weighted by Gasteiger charge is -2.19. The monoisotopic (exact) mass is 292 g/mol. The third-order valence-corrected chi connectivity index (χ3v) is 2.41. The zero-order valence-corrected chi connectivity index (χ0v) is 10.2. The highest BCUT2D eigenvalue weighted by atomic mass is 19.4. The van der Waals surface area contributed by atoms with Crippen LogP contribution in [-0.2, 0) is 6.18 Å². The first-order valence-electron chi connectivity index (χ1n) is 5.29. The number of aliphatic hydroxyl groups excluding tert-OH is 2. The second-order valence-electron chi connectivity index (χ2n) is 3.75. The maximum absolute atomic E-state index is 12.6. The average molecular weight is 292 g/mol. The molecule has 0 amide bonds. The van der Waals surface area contributed by atoms with Crippen LogP contribution in [0.3, 0.4) is 0 Å². The number of hydrogen-bond donors (Lipinski definition) is 2. The van der Waals surface area contributed by atoms with Crippen molar-refractivity contribution >= 4 is 0 Å². The van der Waals surface area contributed by atoms with Gasteiger partial charge in [0.05, 0.1) is 25.3 Å². The first kappa shape index (κ1) is 16.0. The quantitative estimate of drug-likeness (QED) is 0.489. The minimum Gasteiger partial charge on any atom is -0.481 e. The van der Waals surface area contributed by atoms with Crippen LogP contribution in [0.2, 0.25) is 0 Å². The van der Waals surface area contributed by atoms with E-state index >= 15 is 0 Å². The summed E-state index contributed by atoms with van der Waals surface area (Å²) in [6.07, 6.45) is -7.41. The Morgan fingerprint density at radius 1 is 1.50 bits per heavy atom. The molecule has 2 unspecified atom stereocenters.